The minimum Gasteiger partial charge on any atom is -0.368 e. The summed E-state index contributed by atoms with van der Waals surface area (Å²) in [5.74, 6) is 1.59. The van der Waals surface area contributed by atoms with Crippen LogP contribution < -0.4 is 14.7 Å². The Bertz CT molecular complexity index is 986. The largest absolute Gasteiger partial charge is 0.368 e. The van der Waals surface area contributed by atoms with Crippen molar-refractivity contribution in [1.82, 2.24) is 19.7 Å². The van der Waals surface area contributed by atoms with Crippen LogP contribution in [-0.4, -0.2) is 59.0 Å². The van der Waals surface area contributed by atoms with Crippen molar-refractivity contribution in [3.63, 3.8) is 0 Å². The number of aromatic nitrogens is 4. The third-order valence-electron chi connectivity index (χ3n) is 5.97. The average Bonchev–Trinajstić information content (AvgIpc) is 3.15. The zero-order chi connectivity index (χ0) is 19.8. The lowest BCUT2D eigenvalue weighted by Gasteiger charge is -2.36. The number of piperidine rings is 1. The van der Waals surface area contributed by atoms with Crippen LogP contribution in [0, 0.1) is 5.82 Å². The third kappa shape index (κ3) is 3.47. The number of hydrogen-bond acceptors (Lipinski definition) is 6. The summed E-state index contributed by atoms with van der Waals surface area (Å²) >= 11 is 0. The molecule has 0 spiro atoms. The van der Waals surface area contributed by atoms with Crippen molar-refractivity contribution in [2.45, 2.75) is 19.3 Å². The maximum atomic E-state index is 13.2. The van der Waals surface area contributed by atoms with Gasteiger partial charge in [-0.15, -0.1) is 0 Å². The molecule has 2 fully saturated rings. The molecular weight excluding hydrogens is 369 g/mol. The summed E-state index contributed by atoms with van der Waals surface area (Å²) in [6.45, 7) is 5.47. The summed E-state index contributed by atoms with van der Waals surface area (Å²) < 4.78 is 15.0. The molecule has 1 aromatic carbocycles. The van der Waals surface area contributed by atoms with Gasteiger partial charge >= 0.3 is 0 Å². The lowest BCUT2D eigenvalue weighted by molar-refractivity contribution is 0.573. The quantitative estimate of drug-likeness (QED) is 0.680. The van der Waals surface area contributed by atoms with Crippen molar-refractivity contribution in [2.75, 3.05) is 54.0 Å². The van der Waals surface area contributed by atoms with E-state index in [1.54, 1.807) is 0 Å². The third-order valence-corrected chi connectivity index (χ3v) is 5.97. The Hall–Kier alpha value is -2.90. The summed E-state index contributed by atoms with van der Waals surface area (Å²) in [7, 11) is 1.94. The van der Waals surface area contributed by atoms with Crippen molar-refractivity contribution < 1.29 is 4.39 Å². The van der Waals surface area contributed by atoms with Crippen molar-refractivity contribution >= 4 is 28.5 Å². The highest BCUT2D eigenvalue weighted by atomic mass is 19.1. The minimum atomic E-state index is -0.199. The Morgan fingerprint density at radius 2 is 1.48 bits per heavy atom. The first-order valence-electron chi connectivity index (χ1n) is 10.4. The molecule has 0 radical (unpaired) electrons. The number of anilines is 3. The molecule has 0 unspecified atom stereocenters. The Morgan fingerprint density at radius 1 is 0.793 bits per heavy atom. The van der Waals surface area contributed by atoms with Crippen molar-refractivity contribution in [3.8, 4) is 0 Å². The van der Waals surface area contributed by atoms with Gasteiger partial charge in [0.1, 0.15) is 11.6 Å². The molecule has 152 valence electrons. The fraction of sp³-hybridized carbons (Fsp3) is 0.476. The molecule has 3 aromatic rings. The van der Waals surface area contributed by atoms with Gasteiger partial charge < -0.3 is 14.7 Å². The van der Waals surface area contributed by atoms with Gasteiger partial charge in [0.25, 0.3) is 0 Å². The van der Waals surface area contributed by atoms with E-state index in [2.05, 4.69) is 19.8 Å². The normalized spacial score (nSPS) is 17.9. The lowest BCUT2D eigenvalue weighted by atomic mass is 10.1. The van der Waals surface area contributed by atoms with Gasteiger partial charge in [-0.05, 0) is 43.5 Å². The maximum absolute atomic E-state index is 13.2. The molecule has 2 saturated heterocycles. The van der Waals surface area contributed by atoms with Crippen molar-refractivity contribution in [3.05, 3.63) is 36.3 Å². The molecular formula is C21H26FN7. The van der Waals surface area contributed by atoms with Crippen LogP contribution in [0.1, 0.15) is 19.3 Å². The number of rotatable bonds is 3. The molecule has 7 nitrogen and oxygen atoms in total. The summed E-state index contributed by atoms with van der Waals surface area (Å²) in [5, 5.41) is 5.46. The Kier molecular flexibility index (Phi) is 4.69. The molecule has 2 aliphatic heterocycles. The van der Waals surface area contributed by atoms with E-state index in [4.69, 9.17) is 9.97 Å². The second-order valence-electron chi connectivity index (χ2n) is 7.85. The Morgan fingerprint density at radius 3 is 2.21 bits per heavy atom. The second-order valence-corrected chi connectivity index (χ2v) is 7.85. The van der Waals surface area contributed by atoms with Crippen LogP contribution >= 0.6 is 0 Å². The van der Waals surface area contributed by atoms with Gasteiger partial charge in [0, 0.05) is 52.0 Å². The highest BCUT2D eigenvalue weighted by Gasteiger charge is 2.24. The summed E-state index contributed by atoms with van der Waals surface area (Å²) in [4.78, 5) is 16.7. The standard InChI is InChI=1S/C21H26FN7/c1-26-19-18(15-23-26)20(28-9-3-2-4-10-28)25-21(24-19)29-13-11-27(12-14-29)17-7-5-16(22)6-8-17/h5-8,15H,2-4,9-14H2,1H3. The predicted molar refractivity (Wildman–Crippen MR) is 113 cm³/mol. The maximum Gasteiger partial charge on any atom is 0.229 e. The predicted octanol–water partition coefficient (Wildman–Crippen LogP) is 2.82. The van der Waals surface area contributed by atoms with E-state index in [1.807, 2.05) is 30.1 Å². The van der Waals surface area contributed by atoms with Crippen LogP contribution in [0.3, 0.4) is 0 Å². The van der Waals surface area contributed by atoms with E-state index < -0.39 is 0 Å². The number of fused-ring (bicyclic) bond motifs is 1. The first kappa shape index (κ1) is 18.1. The number of nitrogens with zero attached hydrogens (tertiary/aromatic N) is 7. The molecule has 2 aliphatic rings. The van der Waals surface area contributed by atoms with E-state index in [0.29, 0.717) is 0 Å². The van der Waals surface area contributed by atoms with E-state index in [9.17, 15) is 4.39 Å². The molecule has 0 amide bonds. The van der Waals surface area contributed by atoms with Crippen LogP contribution in [0.5, 0.6) is 0 Å². The van der Waals surface area contributed by atoms with Crippen LogP contribution in [0.2, 0.25) is 0 Å². The van der Waals surface area contributed by atoms with E-state index in [0.717, 1.165) is 67.8 Å². The minimum absolute atomic E-state index is 0.199. The van der Waals surface area contributed by atoms with Gasteiger partial charge in [0.15, 0.2) is 5.65 Å². The van der Waals surface area contributed by atoms with Gasteiger partial charge in [-0.3, -0.25) is 4.68 Å². The van der Waals surface area contributed by atoms with Crippen LogP contribution in [0.15, 0.2) is 30.5 Å². The number of benzene rings is 1. The number of halogens is 1. The van der Waals surface area contributed by atoms with Gasteiger partial charge in [-0.2, -0.15) is 15.1 Å². The van der Waals surface area contributed by atoms with Crippen LogP contribution in [-0.2, 0) is 7.05 Å². The molecule has 4 heterocycles. The SMILES string of the molecule is Cn1ncc2c(N3CCCCC3)nc(N3CCN(c4ccc(F)cc4)CC3)nc21. The molecule has 8 heteroatoms. The smallest absolute Gasteiger partial charge is 0.229 e. The lowest BCUT2D eigenvalue weighted by Crippen LogP contribution is -2.47. The monoisotopic (exact) mass is 395 g/mol. The van der Waals surface area contributed by atoms with Gasteiger partial charge in [-0.1, -0.05) is 0 Å². The highest BCUT2D eigenvalue weighted by molar-refractivity contribution is 5.88. The van der Waals surface area contributed by atoms with Crippen molar-refractivity contribution in [2.24, 2.45) is 7.05 Å². The number of aryl methyl sites for hydroxylation is 1. The molecule has 5 rings (SSSR count). The Labute approximate surface area is 169 Å². The highest BCUT2D eigenvalue weighted by Crippen LogP contribution is 2.29. The topological polar surface area (TPSA) is 53.3 Å². The molecule has 0 saturated carbocycles. The summed E-state index contributed by atoms with van der Waals surface area (Å²) in [6, 6.07) is 6.73. The zero-order valence-electron chi connectivity index (χ0n) is 16.8. The summed E-state index contributed by atoms with van der Waals surface area (Å²) in [6.07, 6.45) is 5.58. The molecule has 0 N–H and O–H groups in total. The van der Waals surface area contributed by atoms with Crippen LogP contribution in [0.4, 0.5) is 21.8 Å². The Balaban J connectivity index is 1.40. The van der Waals surface area contributed by atoms with E-state index in [-0.39, 0.29) is 5.82 Å². The number of piperazine rings is 1. The molecule has 0 atom stereocenters. The fourth-order valence-electron chi connectivity index (χ4n) is 4.30. The average molecular weight is 395 g/mol. The van der Waals surface area contributed by atoms with Crippen LogP contribution in [0.25, 0.3) is 11.0 Å². The van der Waals surface area contributed by atoms with Gasteiger partial charge in [-0.25, -0.2) is 4.39 Å². The van der Waals surface area contributed by atoms with E-state index in [1.165, 1.54) is 31.4 Å². The molecule has 0 bridgehead atoms. The zero-order valence-corrected chi connectivity index (χ0v) is 16.8. The first-order valence-corrected chi connectivity index (χ1v) is 10.4. The molecule has 2 aromatic heterocycles. The van der Waals surface area contributed by atoms with Crippen molar-refractivity contribution in [1.29, 1.82) is 0 Å². The fourth-order valence-corrected chi connectivity index (χ4v) is 4.30. The second kappa shape index (κ2) is 7.50. The number of hydrogen-bond donors (Lipinski definition) is 0. The summed E-state index contributed by atoms with van der Waals surface area (Å²) in [5.41, 5.74) is 1.94. The first-order chi connectivity index (χ1) is 14.2. The van der Waals surface area contributed by atoms with Gasteiger partial charge in [0.2, 0.25) is 5.95 Å². The van der Waals surface area contributed by atoms with Gasteiger partial charge in [0.05, 0.1) is 11.6 Å². The molecule has 29 heavy (non-hydrogen) atoms. The van der Waals surface area contributed by atoms with E-state index >= 15 is 0 Å². The molecule has 0 aliphatic carbocycles.